The molecule has 1 aromatic rings. The molecule has 98 valence electrons. The van der Waals surface area contributed by atoms with Crippen molar-refractivity contribution in [2.45, 2.75) is 33.1 Å². The molecule has 0 radical (unpaired) electrons. The van der Waals surface area contributed by atoms with E-state index in [0.29, 0.717) is 0 Å². The van der Waals surface area contributed by atoms with Crippen molar-refractivity contribution >= 4 is 0 Å². The molecule has 1 unspecified atom stereocenters. The van der Waals surface area contributed by atoms with Crippen molar-refractivity contribution in [3.05, 3.63) is 29.3 Å². The first kappa shape index (κ1) is 14.4. The number of benzene rings is 1. The summed E-state index contributed by atoms with van der Waals surface area (Å²) in [6, 6.07) is 4.65. The largest absolute Gasteiger partial charge is 0.489 e. The second kappa shape index (κ2) is 5.30. The number of nitriles is 1. The molecular formula is C13H14F3NO. The Hall–Kier alpha value is -1.70. The highest BCUT2D eigenvalue weighted by Gasteiger charge is 2.31. The second-order valence-corrected chi connectivity index (χ2v) is 4.39. The van der Waals surface area contributed by atoms with E-state index in [1.165, 1.54) is 6.07 Å². The molecule has 0 spiro atoms. The lowest BCUT2D eigenvalue weighted by atomic mass is 10.1. The Morgan fingerprint density at radius 3 is 2.28 bits per heavy atom. The van der Waals surface area contributed by atoms with Crippen LogP contribution in [-0.2, 0) is 6.18 Å². The van der Waals surface area contributed by atoms with Gasteiger partial charge in [0.1, 0.15) is 11.8 Å². The van der Waals surface area contributed by atoms with Crippen molar-refractivity contribution in [3.8, 4) is 11.8 Å². The molecule has 0 saturated carbocycles. The average molecular weight is 257 g/mol. The summed E-state index contributed by atoms with van der Waals surface area (Å²) in [5, 5.41) is 8.86. The smallest absolute Gasteiger partial charge is 0.416 e. The summed E-state index contributed by atoms with van der Waals surface area (Å²) in [7, 11) is 0. The minimum absolute atomic E-state index is 0.0997. The lowest BCUT2D eigenvalue weighted by Crippen LogP contribution is -2.19. The van der Waals surface area contributed by atoms with Crippen LogP contribution in [0.15, 0.2) is 18.2 Å². The molecule has 0 aliphatic rings. The summed E-state index contributed by atoms with van der Waals surface area (Å²) in [4.78, 5) is 0. The maximum Gasteiger partial charge on any atom is 0.416 e. The number of rotatable bonds is 3. The Morgan fingerprint density at radius 2 is 1.83 bits per heavy atom. The Balaban J connectivity index is 3.06. The zero-order valence-corrected chi connectivity index (χ0v) is 10.4. The van der Waals surface area contributed by atoms with Crippen LogP contribution in [0.4, 0.5) is 13.2 Å². The molecule has 1 atom stereocenters. The van der Waals surface area contributed by atoms with Gasteiger partial charge >= 0.3 is 6.18 Å². The number of halogens is 3. The molecule has 0 aromatic heterocycles. The van der Waals surface area contributed by atoms with Gasteiger partial charge in [-0.2, -0.15) is 18.4 Å². The van der Waals surface area contributed by atoms with Crippen LogP contribution in [-0.4, -0.2) is 6.10 Å². The van der Waals surface area contributed by atoms with Gasteiger partial charge in [0, 0.05) is 0 Å². The van der Waals surface area contributed by atoms with Crippen molar-refractivity contribution in [1.82, 2.24) is 0 Å². The Morgan fingerprint density at radius 1 is 1.22 bits per heavy atom. The van der Waals surface area contributed by atoms with Gasteiger partial charge in [0.25, 0.3) is 0 Å². The molecule has 18 heavy (non-hydrogen) atoms. The second-order valence-electron chi connectivity index (χ2n) is 4.39. The highest BCUT2D eigenvalue weighted by molar-refractivity contribution is 5.46. The number of nitrogens with zero attached hydrogens (tertiary/aromatic N) is 1. The van der Waals surface area contributed by atoms with E-state index in [-0.39, 0.29) is 23.3 Å². The van der Waals surface area contributed by atoms with Gasteiger partial charge < -0.3 is 4.74 Å². The van der Waals surface area contributed by atoms with Crippen LogP contribution in [0.5, 0.6) is 5.75 Å². The van der Waals surface area contributed by atoms with Crippen LogP contribution in [0.25, 0.3) is 0 Å². The van der Waals surface area contributed by atoms with E-state index in [0.717, 1.165) is 12.1 Å². The van der Waals surface area contributed by atoms with Crippen molar-refractivity contribution in [2.75, 3.05) is 0 Å². The molecule has 0 saturated heterocycles. The van der Waals surface area contributed by atoms with Crippen LogP contribution in [0.1, 0.15) is 31.9 Å². The Labute approximate surface area is 104 Å². The molecule has 0 heterocycles. The van der Waals surface area contributed by atoms with E-state index in [9.17, 15) is 13.2 Å². The van der Waals surface area contributed by atoms with Gasteiger partial charge in [-0.15, -0.1) is 0 Å². The molecule has 0 N–H and O–H groups in total. The Bertz CT molecular complexity index is 460. The van der Waals surface area contributed by atoms with Gasteiger partial charge in [-0.25, -0.2) is 0 Å². The summed E-state index contributed by atoms with van der Waals surface area (Å²) in [6.45, 7) is 5.67. The third kappa shape index (κ3) is 3.39. The van der Waals surface area contributed by atoms with Crippen LogP contribution in [0, 0.1) is 17.2 Å². The number of hydrogen-bond acceptors (Lipinski definition) is 2. The molecule has 2 nitrogen and oxygen atoms in total. The quantitative estimate of drug-likeness (QED) is 0.819. The van der Waals surface area contributed by atoms with Crippen molar-refractivity contribution < 1.29 is 17.9 Å². The molecule has 1 rings (SSSR count). The first-order valence-electron chi connectivity index (χ1n) is 5.53. The van der Waals surface area contributed by atoms with E-state index >= 15 is 0 Å². The Kier molecular flexibility index (Phi) is 4.23. The minimum atomic E-state index is -4.45. The van der Waals surface area contributed by atoms with Crippen molar-refractivity contribution in [3.63, 3.8) is 0 Å². The molecule has 0 amide bonds. The third-order valence-electron chi connectivity index (χ3n) is 2.68. The predicted octanol–water partition coefficient (Wildman–Crippen LogP) is 4.00. The van der Waals surface area contributed by atoms with Crippen LogP contribution >= 0.6 is 0 Å². The highest BCUT2D eigenvalue weighted by Crippen LogP contribution is 2.32. The first-order valence-corrected chi connectivity index (χ1v) is 5.53. The number of ether oxygens (including phenoxy) is 1. The molecule has 5 heteroatoms. The van der Waals surface area contributed by atoms with Gasteiger partial charge in [-0.1, -0.05) is 13.8 Å². The van der Waals surface area contributed by atoms with Crippen LogP contribution < -0.4 is 4.74 Å². The monoisotopic (exact) mass is 257 g/mol. The fraction of sp³-hybridized carbons (Fsp3) is 0.462. The van der Waals surface area contributed by atoms with Crippen molar-refractivity contribution in [1.29, 1.82) is 5.26 Å². The number of alkyl halides is 3. The zero-order chi connectivity index (χ0) is 13.9. The molecule has 1 aromatic carbocycles. The number of hydrogen-bond donors (Lipinski definition) is 0. The maximum atomic E-state index is 12.5. The van der Waals surface area contributed by atoms with Gasteiger partial charge in [0.05, 0.1) is 17.2 Å². The molecule has 0 fully saturated rings. The van der Waals surface area contributed by atoms with Gasteiger partial charge in [-0.05, 0) is 31.0 Å². The molecule has 0 aliphatic heterocycles. The van der Waals surface area contributed by atoms with Crippen LogP contribution in [0.2, 0.25) is 0 Å². The van der Waals surface area contributed by atoms with E-state index in [4.69, 9.17) is 10.00 Å². The average Bonchev–Trinajstić information content (AvgIpc) is 2.27. The zero-order valence-electron chi connectivity index (χ0n) is 10.4. The summed E-state index contributed by atoms with van der Waals surface area (Å²) >= 11 is 0. The fourth-order valence-electron chi connectivity index (χ4n) is 1.23. The van der Waals surface area contributed by atoms with Crippen molar-refractivity contribution in [2.24, 2.45) is 5.92 Å². The van der Waals surface area contributed by atoms with Crippen LogP contribution in [0.3, 0.4) is 0 Å². The summed E-state index contributed by atoms with van der Waals surface area (Å²) in [6.07, 6.45) is -4.62. The van der Waals surface area contributed by atoms with Gasteiger partial charge in [-0.3, -0.25) is 0 Å². The highest BCUT2D eigenvalue weighted by atomic mass is 19.4. The van der Waals surface area contributed by atoms with E-state index in [1.54, 1.807) is 6.07 Å². The third-order valence-corrected chi connectivity index (χ3v) is 2.68. The lowest BCUT2D eigenvalue weighted by molar-refractivity contribution is -0.137. The lowest BCUT2D eigenvalue weighted by Gasteiger charge is -2.19. The predicted molar refractivity (Wildman–Crippen MR) is 61.1 cm³/mol. The van der Waals surface area contributed by atoms with Gasteiger partial charge in [0.2, 0.25) is 0 Å². The molecule has 0 aliphatic carbocycles. The fourth-order valence-corrected chi connectivity index (χ4v) is 1.23. The molecular weight excluding hydrogens is 243 g/mol. The normalized spacial score (nSPS) is 13.2. The van der Waals surface area contributed by atoms with E-state index < -0.39 is 11.7 Å². The van der Waals surface area contributed by atoms with Gasteiger partial charge in [0.15, 0.2) is 0 Å². The van der Waals surface area contributed by atoms with E-state index in [1.807, 2.05) is 20.8 Å². The topological polar surface area (TPSA) is 33.0 Å². The first-order chi connectivity index (χ1) is 8.25. The maximum absolute atomic E-state index is 12.5. The summed E-state index contributed by atoms with van der Waals surface area (Å²) < 4.78 is 42.9. The summed E-state index contributed by atoms with van der Waals surface area (Å²) in [5.41, 5.74) is -0.944. The molecule has 0 bridgehead atoms. The minimum Gasteiger partial charge on any atom is -0.489 e. The SMILES string of the molecule is CC(C)C(C)Oc1ccc(C(F)(F)F)cc1C#N. The van der Waals surface area contributed by atoms with E-state index in [2.05, 4.69) is 0 Å². The summed E-state index contributed by atoms with van der Waals surface area (Å²) in [5.74, 6) is 0.394. The standard InChI is InChI=1S/C13H14F3NO/c1-8(2)9(3)18-12-5-4-11(13(14,15)16)6-10(12)7-17/h4-6,8-9H,1-3H3.